The molecule has 6 aromatic rings. The third kappa shape index (κ3) is 3.35. The van der Waals surface area contributed by atoms with Crippen molar-refractivity contribution in [3.05, 3.63) is 149 Å². The van der Waals surface area contributed by atoms with Crippen molar-refractivity contribution in [1.82, 2.24) is 9.88 Å². The topological polar surface area (TPSA) is 17.0 Å². The van der Waals surface area contributed by atoms with Gasteiger partial charge in [0.05, 0.1) is 16.7 Å². The average molecular weight is 555 g/mol. The fourth-order valence-corrected chi connectivity index (χ4v) is 8.27. The van der Waals surface area contributed by atoms with Crippen LogP contribution in [0.3, 0.4) is 0 Å². The first-order valence-electron chi connectivity index (χ1n) is 15.6. The second kappa shape index (κ2) is 8.84. The Morgan fingerprint density at radius 3 is 2.30 bits per heavy atom. The number of nitrogens with one attached hydrogen (secondary N) is 1. The molecular weight excluding hydrogens is 520 g/mol. The zero-order valence-corrected chi connectivity index (χ0v) is 24.9. The van der Waals surface area contributed by atoms with E-state index in [0.717, 1.165) is 6.42 Å². The highest BCUT2D eigenvalue weighted by Gasteiger charge is 2.40. The van der Waals surface area contributed by atoms with Crippen LogP contribution in [0.25, 0.3) is 49.4 Å². The van der Waals surface area contributed by atoms with Crippen LogP contribution >= 0.6 is 0 Å². The molecule has 2 aliphatic carbocycles. The van der Waals surface area contributed by atoms with Crippen molar-refractivity contribution >= 4 is 38.3 Å². The van der Waals surface area contributed by atoms with E-state index < -0.39 is 0 Å². The zero-order valence-electron chi connectivity index (χ0n) is 24.9. The van der Waals surface area contributed by atoms with Gasteiger partial charge in [-0.2, -0.15) is 0 Å². The molecule has 0 bridgehead atoms. The monoisotopic (exact) mass is 554 g/mol. The lowest BCUT2D eigenvalue weighted by molar-refractivity contribution is 0.571. The average Bonchev–Trinajstić information content (AvgIpc) is 3.51. The van der Waals surface area contributed by atoms with E-state index in [9.17, 15) is 0 Å². The highest BCUT2D eigenvalue weighted by molar-refractivity contribution is 6.26. The van der Waals surface area contributed by atoms with Crippen LogP contribution in [0, 0.1) is 5.92 Å². The number of hydrogen-bond donors (Lipinski definition) is 1. The third-order valence-corrected chi connectivity index (χ3v) is 10.1. The number of dihydropyridines is 1. The van der Waals surface area contributed by atoms with Gasteiger partial charge in [0, 0.05) is 27.1 Å². The largest absolute Gasteiger partial charge is 0.361 e. The SMILES string of the molecule is CC1C=CC2=C(c3ccccc3)NC(n3c4ccccc4c4c5c(c6ccccc6c43)C(C)(C)c3ccccc3-5)C=C2C1. The molecule has 208 valence electrons. The van der Waals surface area contributed by atoms with Crippen molar-refractivity contribution in [1.29, 1.82) is 0 Å². The Morgan fingerprint density at radius 1 is 0.767 bits per heavy atom. The van der Waals surface area contributed by atoms with Crippen LogP contribution in [0.4, 0.5) is 0 Å². The Balaban J connectivity index is 1.41. The molecule has 0 saturated heterocycles. The second-order valence-corrected chi connectivity index (χ2v) is 13.1. The molecular formula is C41H34N2. The quantitative estimate of drug-likeness (QED) is 0.225. The minimum absolute atomic E-state index is 0.0267. The fourth-order valence-electron chi connectivity index (χ4n) is 8.27. The number of para-hydroxylation sites is 1. The maximum atomic E-state index is 4.05. The molecule has 1 aromatic heterocycles. The molecule has 1 N–H and O–H groups in total. The van der Waals surface area contributed by atoms with E-state index in [4.69, 9.17) is 0 Å². The van der Waals surface area contributed by atoms with Gasteiger partial charge in [0.2, 0.25) is 0 Å². The third-order valence-electron chi connectivity index (χ3n) is 10.1. The highest BCUT2D eigenvalue weighted by atomic mass is 15.2. The van der Waals surface area contributed by atoms with Gasteiger partial charge in [-0.1, -0.05) is 130 Å². The Labute approximate surface area is 252 Å². The number of nitrogens with zero attached hydrogens (tertiary/aromatic N) is 1. The van der Waals surface area contributed by atoms with Crippen LogP contribution in [0.5, 0.6) is 0 Å². The van der Waals surface area contributed by atoms with Crippen molar-refractivity contribution in [2.75, 3.05) is 0 Å². The number of benzene rings is 5. The van der Waals surface area contributed by atoms with Crippen LogP contribution in [0.1, 0.15) is 50.0 Å². The first-order chi connectivity index (χ1) is 21.0. The lowest BCUT2D eigenvalue weighted by Gasteiger charge is -2.33. The lowest BCUT2D eigenvalue weighted by atomic mass is 9.79. The van der Waals surface area contributed by atoms with Gasteiger partial charge >= 0.3 is 0 Å². The summed E-state index contributed by atoms with van der Waals surface area (Å²) in [5.74, 6) is 0.520. The summed E-state index contributed by atoms with van der Waals surface area (Å²) in [6.07, 6.45) is 8.20. The minimum atomic E-state index is -0.0866. The molecule has 5 aromatic carbocycles. The number of allylic oxidation sites excluding steroid dienone is 4. The van der Waals surface area contributed by atoms with Crippen molar-refractivity contribution < 1.29 is 0 Å². The maximum Gasteiger partial charge on any atom is 0.124 e. The van der Waals surface area contributed by atoms with Gasteiger partial charge in [-0.3, -0.25) is 0 Å². The first-order valence-corrected chi connectivity index (χ1v) is 15.6. The Kier molecular flexibility index (Phi) is 5.09. The molecule has 2 heterocycles. The molecule has 43 heavy (non-hydrogen) atoms. The normalized spacial score (nSPS) is 20.2. The van der Waals surface area contributed by atoms with E-state index >= 15 is 0 Å². The lowest BCUT2D eigenvalue weighted by Crippen LogP contribution is -2.29. The predicted molar refractivity (Wildman–Crippen MR) is 181 cm³/mol. The molecule has 0 amide bonds. The first kappa shape index (κ1) is 24.7. The van der Waals surface area contributed by atoms with Gasteiger partial charge in [0.15, 0.2) is 0 Å². The van der Waals surface area contributed by atoms with Crippen LogP contribution in [0.2, 0.25) is 0 Å². The summed E-state index contributed by atoms with van der Waals surface area (Å²) in [5, 5.41) is 9.42. The molecule has 2 unspecified atom stereocenters. The summed E-state index contributed by atoms with van der Waals surface area (Å²) in [6, 6.07) is 38.1. The van der Waals surface area contributed by atoms with Crippen LogP contribution < -0.4 is 5.32 Å². The number of hydrogen-bond acceptors (Lipinski definition) is 1. The van der Waals surface area contributed by atoms with Gasteiger partial charge in [-0.05, 0) is 63.3 Å². The van der Waals surface area contributed by atoms with Gasteiger partial charge in [-0.15, -0.1) is 0 Å². The van der Waals surface area contributed by atoms with E-state index in [1.165, 1.54) is 77.2 Å². The van der Waals surface area contributed by atoms with E-state index in [1.807, 2.05) is 0 Å². The van der Waals surface area contributed by atoms with E-state index in [2.05, 4.69) is 152 Å². The predicted octanol–water partition coefficient (Wildman–Crippen LogP) is 10.3. The molecule has 0 radical (unpaired) electrons. The fraction of sp³-hybridized carbons (Fsp3) is 0.171. The van der Waals surface area contributed by atoms with E-state index in [-0.39, 0.29) is 11.6 Å². The van der Waals surface area contributed by atoms with Crippen LogP contribution in [-0.4, -0.2) is 4.57 Å². The molecule has 0 fully saturated rings. The van der Waals surface area contributed by atoms with Crippen molar-refractivity contribution in [2.45, 2.75) is 38.8 Å². The zero-order chi connectivity index (χ0) is 28.9. The molecule has 2 heteroatoms. The maximum absolute atomic E-state index is 4.05. The second-order valence-electron chi connectivity index (χ2n) is 13.1. The van der Waals surface area contributed by atoms with Gasteiger partial charge < -0.3 is 9.88 Å². The molecule has 3 aliphatic rings. The number of fused-ring (bicyclic) bond motifs is 11. The summed E-state index contributed by atoms with van der Waals surface area (Å²) in [6.45, 7) is 7.13. The molecule has 0 spiro atoms. The van der Waals surface area contributed by atoms with Crippen LogP contribution in [0.15, 0.2) is 133 Å². The summed E-state index contributed by atoms with van der Waals surface area (Å²) >= 11 is 0. The number of rotatable bonds is 2. The van der Waals surface area contributed by atoms with Gasteiger partial charge in [-0.25, -0.2) is 0 Å². The standard InChI is InChI=1S/C41H34N2/c1-25-21-22-28-27(23-25)24-35(42-39(28)26-13-5-4-6-14-26)43-34-20-12-10-18-32(34)37-36-31-17-9-11-19-33(31)41(2,3)38(36)29-15-7-8-16-30(29)40(37)43/h4-22,24-25,35,42H,23H2,1-3H3. The molecule has 9 rings (SSSR count). The van der Waals surface area contributed by atoms with Crippen molar-refractivity contribution in [3.63, 3.8) is 0 Å². The molecule has 0 saturated carbocycles. The van der Waals surface area contributed by atoms with Gasteiger partial charge in [0.1, 0.15) is 6.17 Å². The summed E-state index contributed by atoms with van der Waals surface area (Å²) < 4.78 is 2.59. The molecule has 2 atom stereocenters. The van der Waals surface area contributed by atoms with Crippen LogP contribution in [-0.2, 0) is 5.41 Å². The highest BCUT2D eigenvalue weighted by Crippen LogP contribution is 2.56. The van der Waals surface area contributed by atoms with E-state index in [0.29, 0.717) is 5.92 Å². The Bertz CT molecular complexity index is 2220. The Morgan fingerprint density at radius 2 is 1.47 bits per heavy atom. The van der Waals surface area contributed by atoms with E-state index in [1.54, 1.807) is 0 Å². The Hall–Kier alpha value is -4.82. The minimum Gasteiger partial charge on any atom is -0.361 e. The molecule has 2 nitrogen and oxygen atoms in total. The van der Waals surface area contributed by atoms with Crippen molar-refractivity contribution in [2.24, 2.45) is 5.92 Å². The summed E-state index contributed by atoms with van der Waals surface area (Å²) in [5.41, 5.74) is 13.3. The molecule has 1 aliphatic heterocycles. The van der Waals surface area contributed by atoms with Gasteiger partial charge in [0.25, 0.3) is 0 Å². The smallest absolute Gasteiger partial charge is 0.124 e. The summed E-state index contributed by atoms with van der Waals surface area (Å²) in [4.78, 5) is 0. The van der Waals surface area contributed by atoms with Crippen molar-refractivity contribution in [3.8, 4) is 11.1 Å². The number of aromatic nitrogens is 1. The summed E-state index contributed by atoms with van der Waals surface area (Å²) in [7, 11) is 0.